The van der Waals surface area contributed by atoms with Gasteiger partial charge in [-0.2, -0.15) is 0 Å². The Hall–Kier alpha value is -2.24. The van der Waals surface area contributed by atoms with Gasteiger partial charge in [0.15, 0.2) is 0 Å². The van der Waals surface area contributed by atoms with Gasteiger partial charge in [-0.3, -0.25) is 9.59 Å². The Labute approximate surface area is 136 Å². The van der Waals surface area contributed by atoms with Crippen molar-refractivity contribution >= 4 is 17.5 Å². The van der Waals surface area contributed by atoms with Crippen LogP contribution in [-0.2, 0) is 9.59 Å². The number of hydrogen-bond acceptors (Lipinski definition) is 4. The van der Waals surface area contributed by atoms with Crippen LogP contribution in [0.25, 0.3) is 0 Å². The molecule has 0 unspecified atom stereocenters. The molecule has 0 spiro atoms. The van der Waals surface area contributed by atoms with E-state index in [1.165, 1.54) is 0 Å². The van der Waals surface area contributed by atoms with Crippen molar-refractivity contribution in [3.63, 3.8) is 0 Å². The maximum atomic E-state index is 12.4. The van der Waals surface area contributed by atoms with Gasteiger partial charge in [0.1, 0.15) is 11.2 Å². The van der Waals surface area contributed by atoms with E-state index in [1.807, 2.05) is 24.3 Å². The van der Waals surface area contributed by atoms with E-state index in [9.17, 15) is 9.59 Å². The molecule has 0 aromatic heterocycles. The first-order valence-electron chi connectivity index (χ1n) is 8.04. The molecule has 23 heavy (non-hydrogen) atoms. The van der Waals surface area contributed by atoms with E-state index in [-0.39, 0.29) is 5.91 Å². The summed E-state index contributed by atoms with van der Waals surface area (Å²) in [5.41, 5.74) is 5.43. The molecule has 2 amide bonds. The topological polar surface area (TPSA) is 93.4 Å². The summed E-state index contributed by atoms with van der Waals surface area (Å²) in [4.78, 5) is 24.2. The molecular weight excluding hydrogens is 294 g/mol. The minimum absolute atomic E-state index is 0.235. The van der Waals surface area contributed by atoms with Gasteiger partial charge in [0.05, 0.1) is 7.11 Å². The second-order valence-electron chi connectivity index (χ2n) is 5.92. The Bertz CT molecular complexity index is 537. The van der Waals surface area contributed by atoms with Crippen LogP contribution in [0.1, 0.15) is 32.1 Å². The number of carbonyl (C=O) groups is 2. The zero-order valence-electron chi connectivity index (χ0n) is 13.6. The largest absolute Gasteiger partial charge is 0.497 e. The van der Waals surface area contributed by atoms with Crippen LogP contribution >= 0.6 is 0 Å². The highest BCUT2D eigenvalue weighted by Gasteiger charge is 2.44. The molecular formula is C17H25N3O3. The van der Waals surface area contributed by atoms with Crippen LogP contribution in [0.4, 0.5) is 5.69 Å². The molecule has 1 aromatic carbocycles. The summed E-state index contributed by atoms with van der Waals surface area (Å²) < 4.78 is 5.10. The number of anilines is 1. The number of nitrogens with one attached hydrogen (secondary N) is 2. The lowest BCUT2D eigenvalue weighted by Crippen LogP contribution is -2.51. The summed E-state index contributed by atoms with van der Waals surface area (Å²) >= 11 is 0. The number of primary amides is 1. The van der Waals surface area contributed by atoms with Gasteiger partial charge in [0, 0.05) is 18.8 Å². The summed E-state index contributed by atoms with van der Waals surface area (Å²) in [6.45, 7) is 1.02. The van der Waals surface area contributed by atoms with Crippen molar-refractivity contribution in [3.8, 4) is 5.75 Å². The fraction of sp³-hybridized carbons (Fsp3) is 0.529. The van der Waals surface area contributed by atoms with E-state index < -0.39 is 11.3 Å². The maximum Gasteiger partial charge on any atom is 0.235 e. The minimum Gasteiger partial charge on any atom is -0.497 e. The highest BCUT2D eigenvalue weighted by Crippen LogP contribution is 2.36. The smallest absolute Gasteiger partial charge is 0.235 e. The summed E-state index contributed by atoms with van der Waals surface area (Å²) in [6, 6.07) is 7.55. The van der Waals surface area contributed by atoms with Crippen LogP contribution < -0.4 is 21.1 Å². The summed E-state index contributed by atoms with van der Waals surface area (Å²) in [6.07, 6.45) is 3.92. The average Bonchev–Trinajstić information content (AvgIpc) is 2.59. The van der Waals surface area contributed by atoms with Crippen molar-refractivity contribution in [1.82, 2.24) is 5.32 Å². The minimum atomic E-state index is -1.02. The van der Waals surface area contributed by atoms with E-state index in [1.54, 1.807) is 7.11 Å². The Balaban J connectivity index is 1.80. The van der Waals surface area contributed by atoms with Gasteiger partial charge in [-0.15, -0.1) is 0 Å². The van der Waals surface area contributed by atoms with E-state index >= 15 is 0 Å². The first-order valence-corrected chi connectivity index (χ1v) is 8.04. The number of carbonyl (C=O) groups excluding carboxylic acids is 2. The number of amides is 2. The number of methoxy groups -OCH3 is 1. The third kappa shape index (κ3) is 4.15. The molecule has 0 heterocycles. The lowest BCUT2D eigenvalue weighted by atomic mass is 9.72. The Morgan fingerprint density at radius 3 is 2.35 bits per heavy atom. The van der Waals surface area contributed by atoms with Gasteiger partial charge >= 0.3 is 0 Å². The normalized spacial score (nSPS) is 16.4. The predicted octanol–water partition coefficient (Wildman–Crippen LogP) is 1.66. The predicted molar refractivity (Wildman–Crippen MR) is 89.2 cm³/mol. The number of benzene rings is 1. The fourth-order valence-electron chi connectivity index (χ4n) is 3.00. The van der Waals surface area contributed by atoms with Crippen molar-refractivity contribution in [1.29, 1.82) is 0 Å². The molecule has 1 aliphatic carbocycles. The number of hydrogen-bond donors (Lipinski definition) is 3. The van der Waals surface area contributed by atoms with Gasteiger partial charge in [0.2, 0.25) is 11.8 Å². The second kappa shape index (κ2) is 7.85. The molecule has 0 saturated heterocycles. The third-order valence-corrected chi connectivity index (χ3v) is 4.44. The molecule has 0 atom stereocenters. The van der Waals surface area contributed by atoms with E-state index in [0.717, 1.165) is 30.7 Å². The average molecular weight is 319 g/mol. The molecule has 0 radical (unpaired) electrons. The van der Waals surface area contributed by atoms with Gasteiger partial charge in [-0.1, -0.05) is 19.3 Å². The summed E-state index contributed by atoms with van der Waals surface area (Å²) in [7, 11) is 1.62. The molecule has 2 rings (SSSR count). The van der Waals surface area contributed by atoms with E-state index in [2.05, 4.69) is 10.6 Å². The molecule has 1 aliphatic rings. The molecule has 6 heteroatoms. The fourth-order valence-corrected chi connectivity index (χ4v) is 3.00. The van der Waals surface area contributed by atoms with Crippen LogP contribution in [0.3, 0.4) is 0 Å². The molecule has 1 fully saturated rings. The van der Waals surface area contributed by atoms with E-state index in [0.29, 0.717) is 25.9 Å². The lowest BCUT2D eigenvalue weighted by Gasteiger charge is -2.32. The standard InChI is InChI=1S/C17H25N3O3/c1-23-14-7-5-13(6-8-14)19-11-12-20-16(22)17(15(18)21)9-3-2-4-10-17/h5-8,19H,2-4,9-12H2,1H3,(H2,18,21)(H,20,22). The first-order chi connectivity index (χ1) is 11.1. The number of ether oxygens (including phenoxy) is 1. The molecule has 6 nitrogen and oxygen atoms in total. The van der Waals surface area contributed by atoms with Crippen molar-refractivity contribution < 1.29 is 14.3 Å². The van der Waals surface area contributed by atoms with Crippen LogP contribution in [0, 0.1) is 5.41 Å². The molecule has 4 N–H and O–H groups in total. The Kier molecular flexibility index (Phi) is 5.84. The lowest BCUT2D eigenvalue weighted by molar-refractivity contribution is -0.144. The summed E-state index contributed by atoms with van der Waals surface area (Å²) in [5, 5.41) is 6.05. The second-order valence-corrected chi connectivity index (χ2v) is 5.92. The van der Waals surface area contributed by atoms with E-state index in [4.69, 9.17) is 10.5 Å². The van der Waals surface area contributed by atoms with Crippen molar-refractivity contribution in [2.45, 2.75) is 32.1 Å². The third-order valence-electron chi connectivity index (χ3n) is 4.44. The van der Waals surface area contributed by atoms with Crippen LogP contribution in [0.15, 0.2) is 24.3 Å². The number of rotatable bonds is 7. The molecule has 0 aliphatic heterocycles. The van der Waals surface area contributed by atoms with Crippen LogP contribution in [0.5, 0.6) is 5.75 Å². The van der Waals surface area contributed by atoms with Crippen LogP contribution in [-0.4, -0.2) is 32.0 Å². The Morgan fingerprint density at radius 2 is 1.78 bits per heavy atom. The molecule has 0 bridgehead atoms. The van der Waals surface area contributed by atoms with Crippen molar-refractivity contribution in [2.24, 2.45) is 11.1 Å². The SMILES string of the molecule is COc1ccc(NCCNC(=O)C2(C(N)=O)CCCCC2)cc1. The molecule has 126 valence electrons. The zero-order valence-corrected chi connectivity index (χ0v) is 13.6. The monoisotopic (exact) mass is 319 g/mol. The van der Waals surface area contributed by atoms with Gasteiger partial charge in [-0.25, -0.2) is 0 Å². The molecule has 1 aromatic rings. The maximum absolute atomic E-state index is 12.4. The first kappa shape index (κ1) is 17.1. The zero-order chi connectivity index (χ0) is 16.7. The van der Waals surface area contributed by atoms with Gasteiger partial charge < -0.3 is 21.1 Å². The van der Waals surface area contributed by atoms with Crippen molar-refractivity contribution in [3.05, 3.63) is 24.3 Å². The highest BCUT2D eigenvalue weighted by atomic mass is 16.5. The van der Waals surface area contributed by atoms with Gasteiger partial charge in [-0.05, 0) is 37.1 Å². The van der Waals surface area contributed by atoms with Gasteiger partial charge in [0.25, 0.3) is 0 Å². The number of nitrogens with two attached hydrogens (primary N) is 1. The quantitative estimate of drug-likeness (QED) is 0.526. The highest BCUT2D eigenvalue weighted by molar-refractivity contribution is 6.04. The van der Waals surface area contributed by atoms with Crippen LogP contribution in [0.2, 0.25) is 0 Å². The Morgan fingerprint density at radius 1 is 1.13 bits per heavy atom. The molecule has 1 saturated carbocycles. The summed E-state index contributed by atoms with van der Waals surface area (Å²) in [5.74, 6) is 0.0589. The van der Waals surface area contributed by atoms with Crippen molar-refractivity contribution in [2.75, 3.05) is 25.5 Å².